The van der Waals surface area contributed by atoms with Gasteiger partial charge in [0, 0.05) is 9.64 Å². The van der Waals surface area contributed by atoms with Crippen molar-refractivity contribution in [1.82, 2.24) is 4.98 Å². The Morgan fingerprint density at radius 3 is 2.57 bits per heavy atom. The van der Waals surface area contributed by atoms with E-state index in [1.54, 1.807) is 22.6 Å². The van der Waals surface area contributed by atoms with Crippen LogP contribution in [0.5, 0.6) is 11.6 Å². The maximum Gasteiger partial charge on any atom is 0.574 e. The molecule has 0 bridgehead atoms. The second-order valence-electron chi connectivity index (χ2n) is 2.13. The molecule has 0 spiro atoms. The molecular weight excluding hydrogens is 382 g/mol. The van der Waals surface area contributed by atoms with E-state index in [0.29, 0.717) is 3.57 Å². The van der Waals surface area contributed by atoms with Crippen LogP contribution >= 0.6 is 38.5 Å². The molecule has 1 N–H and O–H groups in total. The third kappa shape index (κ3) is 3.15. The first-order valence-electron chi connectivity index (χ1n) is 3.10. The number of hydrogen-bond donors (Lipinski definition) is 1. The maximum atomic E-state index is 11.8. The summed E-state index contributed by atoms with van der Waals surface area (Å²) in [6, 6.07) is 1.11. The lowest BCUT2D eigenvalue weighted by Gasteiger charge is -2.09. The summed E-state index contributed by atoms with van der Waals surface area (Å²) in [5, 5.41) is 9.07. The summed E-state index contributed by atoms with van der Waals surface area (Å²) in [5.41, 5.74) is 0. The van der Waals surface area contributed by atoms with E-state index < -0.39 is 18.0 Å². The van der Waals surface area contributed by atoms with E-state index in [4.69, 9.17) is 5.11 Å². The fraction of sp³-hybridized carbons (Fsp3) is 0.167. The second kappa shape index (κ2) is 4.09. The SMILES string of the molecule is Oc1cc(I)c(Br)nc1OC(F)(F)F. The van der Waals surface area contributed by atoms with Gasteiger partial charge in [-0.2, -0.15) is 0 Å². The van der Waals surface area contributed by atoms with Crippen molar-refractivity contribution in [3.63, 3.8) is 0 Å². The number of pyridine rings is 1. The standard InChI is InChI=1S/C6H2BrF3INO2/c7-4-2(11)1-3(13)5(12-4)14-6(8,9)10/h1,13H. The van der Waals surface area contributed by atoms with Crippen LogP contribution in [-0.4, -0.2) is 16.5 Å². The fourth-order valence-electron chi connectivity index (χ4n) is 0.626. The zero-order valence-electron chi connectivity index (χ0n) is 6.27. The van der Waals surface area contributed by atoms with Crippen LogP contribution in [0.15, 0.2) is 10.7 Å². The van der Waals surface area contributed by atoms with Crippen molar-refractivity contribution in [1.29, 1.82) is 0 Å². The lowest BCUT2D eigenvalue weighted by atomic mass is 10.4. The van der Waals surface area contributed by atoms with Crippen molar-refractivity contribution in [3.8, 4) is 11.6 Å². The van der Waals surface area contributed by atoms with Crippen molar-refractivity contribution in [2.24, 2.45) is 0 Å². The average molecular weight is 384 g/mol. The van der Waals surface area contributed by atoms with Crippen LogP contribution in [0.3, 0.4) is 0 Å². The van der Waals surface area contributed by atoms with Gasteiger partial charge in [-0.1, -0.05) is 0 Å². The highest BCUT2D eigenvalue weighted by molar-refractivity contribution is 14.1. The Hall–Kier alpha value is -0.250. The van der Waals surface area contributed by atoms with Crippen molar-refractivity contribution < 1.29 is 23.0 Å². The van der Waals surface area contributed by atoms with Crippen molar-refractivity contribution in [3.05, 3.63) is 14.2 Å². The predicted molar refractivity (Wildman–Crippen MR) is 53.0 cm³/mol. The Kier molecular flexibility index (Phi) is 3.45. The fourth-order valence-corrected chi connectivity index (χ4v) is 1.32. The molecule has 1 heterocycles. The normalized spacial score (nSPS) is 11.5. The van der Waals surface area contributed by atoms with Crippen LogP contribution in [0.25, 0.3) is 0 Å². The summed E-state index contributed by atoms with van der Waals surface area (Å²) >= 11 is 4.71. The highest BCUT2D eigenvalue weighted by Gasteiger charge is 2.33. The average Bonchev–Trinajstić information content (AvgIpc) is 1.97. The number of rotatable bonds is 1. The van der Waals surface area contributed by atoms with Crippen LogP contribution in [0.2, 0.25) is 0 Å². The largest absolute Gasteiger partial charge is 0.574 e. The van der Waals surface area contributed by atoms with Crippen molar-refractivity contribution in [2.45, 2.75) is 6.36 Å². The molecule has 0 aromatic carbocycles. The Morgan fingerprint density at radius 1 is 1.50 bits per heavy atom. The van der Waals surface area contributed by atoms with Gasteiger partial charge in [0.15, 0.2) is 5.75 Å². The van der Waals surface area contributed by atoms with E-state index in [1.807, 2.05) is 0 Å². The van der Waals surface area contributed by atoms with E-state index in [9.17, 15) is 13.2 Å². The molecule has 0 saturated heterocycles. The number of ether oxygens (including phenoxy) is 1. The summed E-state index contributed by atoms with van der Waals surface area (Å²) in [4.78, 5) is 3.37. The van der Waals surface area contributed by atoms with Crippen LogP contribution in [-0.2, 0) is 0 Å². The van der Waals surface area contributed by atoms with Gasteiger partial charge < -0.3 is 9.84 Å². The first-order valence-corrected chi connectivity index (χ1v) is 4.97. The van der Waals surface area contributed by atoms with E-state index in [2.05, 4.69) is 25.7 Å². The maximum absolute atomic E-state index is 11.8. The van der Waals surface area contributed by atoms with Gasteiger partial charge in [-0.05, 0) is 38.5 Å². The number of aromatic nitrogens is 1. The van der Waals surface area contributed by atoms with E-state index in [1.165, 1.54) is 0 Å². The molecule has 0 radical (unpaired) electrons. The zero-order valence-corrected chi connectivity index (χ0v) is 10.0. The zero-order chi connectivity index (χ0) is 10.9. The van der Waals surface area contributed by atoms with Gasteiger partial charge in [0.2, 0.25) is 0 Å². The molecule has 0 amide bonds. The Morgan fingerprint density at radius 2 is 2.07 bits per heavy atom. The second-order valence-corrected chi connectivity index (χ2v) is 4.05. The number of alkyl halides is 3. The molecule has 0 aliphatic heterocycles. The van der Waals surface area contributed by atoms with Crippen LogP contribution < -0.4 is 4.74 Å². The summed E-state index contributed by atoms with van der Waals surface area (Å²) < 4.78 is 39.4. The molecule has 1 aromatic heterocycles. The Labute approximate surface area is 98.5 Å². The molecule has 8 heteroatoms. The summed E-state index contributed by atoms with van der Waals surface area (Å²) in [6.45, 7) is 0. The Balaban J connectivity index is 3.04. The number of hydrogen-bond acceptors (Lipinski definition) is 3. The molecule has 0 unspecified atom stereocenters. The van der Waals surface area contributed by atoms with Crippen LogP contribution in [0, 0.1) is 3.57 Å². The topological polar surface area (TPSA) is 42.4 Å². The number of nitrogens with zero attached hydrogens (tertiary/aromatic N) is 1. The van der Waals surface area contributed by atoms with Gasteiger partial charge in [0.25, 0.3) is 5.88 Å². The molecule has 3 nitrogen and oxygen atoms in total. The van der Waals surface area contributed by atoms with E-state index in [0.717, 1.165) is 6.07 Å². The quantitative estimate of drug-likeness (QED) is 0.598. The minimum atomic E-state index is -4.86. The van der Waals surface area contributed by atoms with Gasteiger partial charge in [0.05, 0.1) is 0 Å². The van der Waals surface area contributed by atoms with Crippen LogP contribution in [0.4, 0.5) is 13.2 Å². The number of aromatic hydroxyl groups is 1. The summed E-state index contributed by atoms with van der Waals surface area (Å²) in [6.07, 6.45) is -4.86. The van der Waals surface area contributed by atoms with E-state index in [-0.39, 0.29) is 4.60 Å². The minimum Gasteiger partial charge on any atom is -0.503 e. The molecule has 0 atom stereocenters. The number of halogens is 5. The van der Waals surface area contributed by atoms with Crippen molar-refractivity contribution in [2.75, 3.05) is 0 Å². The van der Waals surface area contributed by atoms with Gasteiger partial charge >= 0.3 is 6.36 Å². The monoisotopic (exact) mass is 383 g/mol. The molecular formula is C6H2BrF3INO2. The highest BCUT2D eigenvalue weighted by atomic mass is 127. The molecule has 0 aliphatic carbocycles. The molecule has 78 valence electrons. The van der Waals surface area contributed by atoms with Gasteiger partial charge in [0.1, 0.15) is 4.60 Å². The predicted octanol–water partition coefficient (Wildman–Crippen LogP) is 3.05. The molecule has 0 saturated carbocycles. The first-order chi connectivity index (χ1) is 6.29. The lowest BCUT2D eigenvalue weighted by Crippen LogP contribution is -2.18. The highest BCUT2D eigenvalue weighted by Crippen LogP contribution is 2.33. The molecule has 1 rings (SSSR count). The third-order valence-electron chi connectivity index (χ3n) is 1.09. The minimum absolute atomic E-state index is 0.176. The smallest absolute Gasteiger partial charge is 0.503 e. The van der Waals surface area contributed by atoms with Crippen LogP contribution in [0.1, 0.15) is 0 Å². The van der Waals surface area contributed by atoms with E-state index >= 15 is 0 Å². The Bertz CT molecular complexity index is 358. The van der Waals surface area contributed by atoms with Gasteiger partial charge in [-0.3, -0.25) is 0 Å². The van der Waals surface area contributed by atoms with Gasteiger partial charge in [-0.15, -0.1) is 13.2 Å². The molecule has 14 heavy (non-hydrogen) atoms. The lowest BCUT2D eigenvalue weighted by molar-refractivity contribution is -0.276. The molecule has 0 fully saturated rings. The van der Waals surface area contributed by atoms with Gasteiger partial charge in [-0.25, -0.2) is 4.98 Å². The molecule has 0 aliphatic rings. The van der Waals surface area contributed by atoms with Crippen molar-refractivity contribution >= 4 is 38.5 Å². The summed E-state index contributed by atoms with van der Waals surface area (Å²) in [7, 11) is 0. The summed E-state index contributed by atoms with van der Waals surface area (Å²) in [5.74, 6) is -1.53. The third-order valence-corrected chi connectivity index (χ3v) is 3.26. The first kappa shape index (κ1) is 11.8. The molecule has 1 aromatic rings.